The smallest absolute Gasteiger partial charge is 0.178 e. The molecule has 3 nitrogen and oxygen atoms in total. The van der Waals surface area contributed by atoms with Crippen molar-refractivity contribution >= 4 is 23.3 Å². The van der Waals surface area contributed by atoms with Gasteiger partial charge < -0.3 is 14.5 Å². The summed E-state index contributed by atoms with van der Waals surface area (Å²) < 4.78 is 3.03. The van der Waals surface area contributed by atoms with Crippen molar-refractivity contribution in [2.24, 2.45) is 0 Å². The molecule has 126 valence electrons. The normalized spacial score (nSPS) is 11.4. The van der Waals surface area contributed by atoms with E-state index in [1.807, 2.05) is 6.07 Å². The van der Waals surface area contributed by atoms with Crippen molar-refractivity contribution in [3.8, 4) is 0 Å². The van der Waals surface area contributed by atoms with Gasteiger partial charge in [-0.25, -0.2) is 0 Å². The van der Waals surface area contributed by atoms with Gasteiger partial charge in [0.05, 0.1) is 11.0 Å². The summed E-state index contributed by atoms with van der Waals surface area (Å²) in [5, 5.41) is 0. The SMILES string of the molecule is CCCN(CCc1ccccc1)CCn1c(=S)[nH]c2ccccc21. The molecule has 0 radical (unpaired) electrons. The van der Waals surface area contributed by atoms with Crippen molar-refractivity contribution in [3.05, 3.63) is 64.9 Å². The molecule has 0 aliphatic carbocycles. The van der Waals surface area contributed by atoms with Gasteiger partial charge in [0.15, 0.2) is 4.77 Å². The van der Waals surface area contributed by atoms with E-state index in [-0.39, 0.29) is 0 Å². The zero-order valence-corrected chi connectivity index (χ0v) is 15.1. The summed E-state index contributed by atoms with van der Waals surface area (Å²) in [5.41, 5.74) is 3.72. The number of imidazole rings is 1. The number of nitrogens with zero attached hydrogens (tertiary/aromatic N) is 2. The summed E-state index contributed by atoms with van der Waals surface area (Å²) >= 11 is 5.50. The summed E-state index contributed by atoms with van der Waals surface area (Å²) in [6.07, 6.45) is 2.27. The Morgan fingerprint density at radius 1 is 0.958 bits per heavy atom. The van der Waals surface area contributed by atoms with Crippen LogP contribution in [0.5, 0.6) is 0 Å². The highest BCUT2D eigenvalue weighted by molar-refractivity contribution is 7.71. The summed E-state index contributed by atoms with van der Waals surface area (Å²) in [6.45, 7) is 6.41. The van der Waals surface area contributed by atoms with Crippen LogP contribution in [0, 0.1) is 4.77 Å². The first kappa shape index (κ1) is 16.9. The maximum Gasteiger partial charge on any atom is 0.178 e. The predicted molar refractivity (Wildman–Crippen MR) is 104 cm³/mol. The minimum atomic E-state index is 0.815. The Hall–Kier alpha value is -1.91. The number of rotatable bonds is 8. The van der Waals surface area contributed by atoms with Crippen molar-refractivity contribution in [2.75, 3.05) is 19.6 Å². The Kier molecular flexibility index (Phi) is 5.83. The Balaban J connectivity index is 1.65. The maximum atomic E-state index is 5.50. The van der Waals surface area contributed by atoms with E-state index in [1.165, 1.54) is 17.5 Å². The van der Waals surface area contributed by atoms with E-state index < -0.39 is 0 Å². The van der Waals surface area contributed by atoms with Gasteiger partial charge in [0, 0.05) is 19.6 Å². The summed E-state index contributed by atoms with van der Waals surface area (Å²) in [6, 6.07) is 19.1. The Morgan fingerprint density at radius 3 is 2.50 bits per heavy atom. The van der Waals surface area contributed by atoms with Crippen LogP contribution in [-0.2, 0) is 13.0 Å². The monoisotopic (exact) mass is 339 g/mol. The first-order valence-electron chi connectivity index (χ1n) is 8.71. The van der Waals surface area contributed by atoms with Crippen LogP contribution in [0.4, 0.5) is 0 Å². The van der Waals surface area contributed by atoms with Gasteiger partial charge in [0.2, 0.25) is 0 Å². The molecule has 0 atom stereocenters. The second-order valence-corrected chi connectivity index (χ2v) is 6.56. The third-order valence-electron chi connectivity index (χ3n) is 4.42. The molecule has 24 heavy (non-hydrogen) atoms. The average Bonchev–Trinajstić information content (AvgIpc) is 2.93. The molecule has 1 aromatic heterocycles. The molecule has 0 bridgehead atoms. The predicted octanol–water partition coefficient (Wildman–Crippen LogP) is 4.65. The van der Waals surface area contributed by atoms with E-state index in [2.05, 4.69) is 69.9 Å². The van der Waals surface area contributed by atoms with Gasteiger partial charge in [-0.1, -0.05) is 49.4 Å². The highest BCUT2D eigenvalue weighted by Gasteiger charge is 2.08. The van der Waals surface area contributed by atoms with Crippen LogP contribution in [0.15, 0.2) is 54.6 Å². The lowest BCUT2D eigenvalue weighted by Gasteiger charge is -2.22. The zero-order valence-electron chi connectivity index (χ0n) is 14.2. The van der Waals surface area contributed by atoms with Gasteiger partial charge in [-0.3, -0.25) is 0 Å². The number of hydrogen-bond donors (Lipinski definition) is 1. The van der Waals surface area contributed by atoms with E-state index in [0.29, 0.717) is 0 Å². The minimum absolute atomic E-state index is 0.815. The molecule has 1 N–H and O–H groups in total. The number of benzene rings is 2. The van der Waals surface area contributed by atoms with Crippen LogP contribution in [-0.4, -0.2) is 34.1 Å². The van der Waals surface area contributed by atoms with E-state index in [1.54, 1.807) is 0 Å². The quantitative estimate of drug-likeness (QED) is 0.604. The topological polar surface area (TPSA) is 24.0 Å². The van der Waals surface area contributed by atoms with Crippen LogP contribution in [0.2, 0.25) is 0 Å². The van der Waals surface area contributed by atoms with Gasteiger partial charge in [-0.15, -0.1) is 0 Å². The summed E-state index contributed by atoms with van der Waals surface area (Å²) in [5.74, 6) is 0. The minimum Gasteiger partial charge on any atom is -0.331 e. The highest BCUT2D eigenvalue weighted by Crippen LogP contribution is 2.13. The maximum absolute atomic E-state index is 5.50. The molecule has 0 saturated carbocycles. The Morgan fingerprint density at radius 2 is 1.71 bits per heavy atom. The number of hydrogen-bond acceptors (Lipinski definition) is 2. The van der Waals surface area contributed by atoms with E-state index in [4.69, 9.17) is 12.2 Å². The summed E-state index contributed by atoms with van der Waals surface area (Å²) in [4.78, 5) is 5.84. The lowest BCUT2D eigenvalue weighted by molar-refractivity contribution is 0.267. The molecule has 0 saturated heterocycles. The van der Waals surface area contributed by atoms with Crippen LogP contribution < -0.4 is 0 Å². The Labute approximate surface area is 148 Å². The molecular formula is C20H25N3S. The van der Waals surface area contributed by atoms with Crippen LogP contribution in [0.25, 0.3) is 11.0 Å². The van der Waals surface area contributed by atoms with Crippen molar-refractivity contribution in [2.45, 2.75) is 26.3 Å². The largest absolute Gasteiger partial charge is 0.331 e. The molecule has 0 fully saturated rings. The zero-order chi connectivity index (χ0) is 16.8. The van der Waals surface area contributed by atoms with Crippen molar-refractivity contribution in [3.63, 3.8) is 0 Å². The second kappa shape index (κ2) is 8.27. The molecule has 4 heteroatoms. The number of fused-ring (bicyclic) bond motifs is 1. The first-order chi connectivity index (χ1) is 11.8. The van der Waals surface area contributed by atoms with Gasteiger partial charge in [0.25, 0.3) is 0 Å². The van der Waals surface area contributed by atoms with Gasteiger partial charge in [-0.05, 0) is 49.3 Å². The highest BCUT2D eigenvalue weighted by atomic mass is 32.1. The van der Waals surface area contributed by atoms with Crippen LogP contribution >= 0.6 is 12.2 Å². The van der Waals surface area contributed by atoms with Gasteiger partial charge >= 0.3 is 0 Å². The fourth-order valence-electron chi connectivity index (χ4n) is 3.15. The molecule has 0 unspecified atom stereocenters. The van der Waals surface area contributed by atoms with Crippen molar-refractivity contribution in [1.29, 1.82) is 0 Å². The molecule has 1 heterocycles. The first-order valence-corrected chi connectivity index (χ1v) is 9.12. The standard InChI is InChI=1S/C20H25N3S/c1-2-13-22(14-12-17-8-4-3-5-9-17)15-16-23-19-11-7-6-10-18(19)21-20(23)24/h3-11H,2,12-16H2,1H3,(H,21,24). The number of aromatic amines is 1. The number of aromatic nitrogens is 2. The Bertz CT molecular complexity index is 820. The van der Waals surface area contributed by atoms with Crippen LogP contribution in [0.3, 0.4) is 0 Å². The fraction of sp³-hybridized carbons (Fsp3) is 0.350. The van der Waals surface area contributed by atoms with Crippen molar-refractivity contribution < 1.29 is 0 Å². The second-order valence-electron chi connectivity index (χ2n) is 6.18. The number of nitrogens with one attached hydrogen (secondary N) is 1. The molecule has 3 rings (SSSR count). The molecule has 0 aliphatic rings. The number of H-pyrrole nitrogens is 1. The molecule has 0 aliphatic heterocycles. The fourth-order valence-corrected chi connectivity index (χ4v) is 3.45. The van der Waals surface area contributed by atoms with E-state index in [9.17, 15) is 0 Å². The van der Waals surface area contributed by atoms with E-state index in [0.717, 1.165) is 42.9 Å². The van der Waals surface area contributed by atoms with Gasteiger partial charge in [0.1, 0.15) is 0 Å². The summed E-state index contributed by atoms with van der Waals surface area (Å²) in [7, 11) is 0. The van der Waals surface area contributed by atoms with Crippen molar-refractivity contribution in [1.82, 2.24) is 14.5 Å². The third kappa shape index (κ3) is 4.13. The molecule has 3 aromatic rings. The average molecular weight is 340 g/mol. The molecular weight excluding hydrogens is 314 g/mol. The lowest BCUT2D eigenvalue weighted by atomic mass is 10.1. The van der Waals surface area contributed by atoms with Gasteiger partial charge in [-0.2, -0.15) is 0 Å². The molecule has 2 aromatic carbocycles. The third-order valence-corrected chi connectivity index (χ3v) is 4.74. The van der Waals surface area contributed by atoms with Crippen LogP contribution in [0.1, 0.15) is 18.9 Å². The lowest BCUT2D eigenvalue weighted by Crippen LogP contribution is -2.30. The molecule has 0 spiro atoms. The molecule has 0 amide bonds. The van der Waals surface area contributed by atoms with E-state index >= 15 is 0 Å². The number of para-hydroxylation sites is 2.